The number of nitrogens with one attached hydrogen (secondary N) is 1. The van der Waals surface area contributed by atoms with E-state index in [1.165, 1.54) is 12.2 Å². The first-order valence-electron chi connectivity index (χ1n) is 3.74. The predicted octanol–water partition coefficient (Wildman–Crippen LogP) is -0.791. The Bertz CT molecular complexity index is 265. The summed E-state index contributed by atoms with van der Waals surface area (Å²) in [5.41, 5.74) is 0. The molecule has 0 aromatic carbocycles. The highest BCUT2D eigenvalue weighted by Crippen LogP contribution is 2.03. The molecule has 0 spiro atoms. The molecule has 1 aliphatic rings. The molecule has 5 heteroatoms. The minimum Gasteiger partial charge on any atom is -0.354 e. The molecule has 1 N–H and O–H groups in total. The molecule has 13 heavy (non-hydrogen) atoms. The average molecular weight is 181 g/mol. The van der Waals surface area contributed by atoms with Crippen molar-refractivity contribution in [1.29, 1.82) is 0 Å². The van der Waals surface area contributed by atoms with Gasteiger partial charge in [0.15, 0.2) is 0 Å². The third-order valence-electron chi connectivity index (χ3n) is 1.66. The van der Waals surface area contributed by atoms with Crippen LogP contribution in [0.2, 0.25) is 0 Å². The molecule has 69 valence electrons. The van der Waals surface area contributed by atoms with E-state index in [1.807, 2.05) is 0 Å². The molecule has 0 bridgehead atoms. The van der Waals surface area contributed by atoms with E-state index in [2.05, 4.69) is 12.4 Å². The lowest BCUT2D eigenvalue weighted by molar-refractivity contribution is -0.137. The van der Waals surface area contributed by atoms with E-state index in [0.717, 1.165) is 4.90 Å². The Morgan fingerprint density at radius 2 is 1.92 bits per heavy atom. The fourth-order valence-electron chi connectivity index (χ4n) is 0.953. The highest BCUT2D eigenvalue weighted by atomic mass is 16.2. The molecule has 1 aliphatic heterocycles. The van der Waals surface area contributed by atoms with Crippen LogP contribution in [0.15, 0.2) is 12.2 Å². The van der Waals surface area contributed by atoms with Crippen molar-refractivity contribution in [1.82, 2.24) is 10.2 Å². The van der Waals surface area contributed by atoms with Crippen molar-refractivity contribution in [2.45, 2.75) is 6.42 Å². The van der Waals surface area contributed by atoms with Crippen molar-refractivity contribution >= 4 is 17.7 Å². The Balaban J connectivity index is 2.42. The van der Waals surface area contributed by atoms with Crippen LogP contribution < -0.4 is 5.32 Å². The molecule has 1 radical (unpaired) electrons. The number of hydrogen-bond donors (Lipinski definition) is 1. The Kier molecular flexibility index (Phi) is 2.79. The molecule has 0 atom stereocenters. The first kappa shape index (κ1) is 9.44. The maximum absolute atomic E-state index is 11.0. The van der Waals surface area contributed by atoms with Gasteiger partial charge in [0.25, 0.3) is 11.8 Å². The van der Waals surface area contributed by atoms with E-state index >= 15 is 0 Å². The van der Waals surface area contributed by atoms with Crippen molar-refractivity contribution in [3.63, 3.8) is 0 Å². The van der Waals surface area contributed by atoms with Gasteiger partial charge in [-0.2, -0.15) is 0 Å². The Morgan fingerprint density at radius 1 is 1.38 bits per heavy atom. The standard InChI is InChI=1S/C8H9N2O3/c1-9-6(11)4-5-10-7(12)2-3-8(10)13/h2-3H,1,4-5H2,(H,9,11). The highest BCUT2D eigenvalue weighted by molar-refractivity contribution is 6.13. The van der Waals surface area contributed by atoms with Gasteiger partial charge in [-0.1, -0.05) is 0 Å². The Labute approximate surface area is 75.4 Å². The molecule has 0 aromatic rings. The van der Waals surface area contributed by atoms with Gasteiger partial charge >= 0.3 is 0 Å². The molecule has 1 heterocycles. The minimum atomic E-state index is -0.373. The zero-order valence-corrected chi connectivity index (χ0v) is 6.95. The van der Waals surface area contributed by atoms with Gasteiger partial charge in [-0.15, -0.1) is 0 Å². The maximum atomic E-state index is 11.0. The molecule has 0 unspecified atom stereocenters. The predicted molar refractivity (Wildman–Crippen MR) is 44.0 cm³/mol. The maximum Gasteiger partial charge on any atom is 0.253 e. The number of amides is 3. The second kappa shape index (κ2) is 3.84. The molecule has 1 rings (SSSR count). The smallest absolute Gasteiger partial charge is 0.253 e. The molecular weight excluding hydrogens is 172 g/mol. The van der Waals surface area contributed by atoms with Crippen LogP contribution in [0.5, 0.6) is 0 Å². The summed E-state index contributed by atoms with van der Waals surface area (Å²) in [6.07, 6.45) is 2.46. The minimum absolute atomic E-state index is 0.0860. The summed E-state index contributed by atoms with van der Waals surface area (Å²) >= 11 is 0. The van der Waals surface area contributed by atoms with Crippen molar-refractivity contribution in [3.05, 3.63) is 19.2 Å². The molecular formula is C8H9N2O3. The molecule has 0 saturated heterocycles. The monoisotopic (exact) mass is 181 g/mol. The Morgan fingerprint density at radius 3 is 2.38 bits per heavy atom. The average Bonchev–Trinajstić information content (AvgIpc) is 2.43. The third kappa shape index (κ3) is 2.14. The molecule has 0 aromatic heterocycles. The first-order valence-corrected chi connectivity index (χ1v) is 3.74. The lowest BCUT2D eigenvalue weighted by atomic mass is 10.3. The third-order valence-corrected chi connectivity index (χ3v) is 1.66. The topological polar surface area (TPSA) is 66.5 Å². The summed E-state index contributed by atoms with van der Waals surface area (Å²) in [6.45, 7) is 0.103. The summed E-state index contributed by atoms with van der Waals surface area (Å²) in [5, 5.41) is 2.16. The molecule has 0 saturated carbocycles. The van der Waals surface area contributed by atoms with Gasteiger partial charge in [-0.3, -0.25) is 19.3 Å². The lowest BCUT2D eigenvalue weighted by Gasteiger charge is -2.12. The van der Waals surface area contributed by atoms with Gasteiger partial charge < -0.3 is 5.32 Å². The molecule has 5 nitrogen and oxygen atoms in total. The van der Waals surface area contributed by atoms with E-state index in [0.29, 0.717) is 0 Å². The van der Waals surface area contributed by atoms with Crippen LogP contribution in [0, 0.1) is 7.05 Å². The number of nitrogens with zero attached hydrogens (tertiary/aromatic N) is 1. The summed E-state index contributed by atoms with van der Waals surface area (Å²) in [6, 6.07) is 0. The fraction of sp³-hybridized carbons (Fsp3) is 0.250. The number of rotatable bonds is 3. The highest BCUT2D eigenvalue weighted by Gasteiger charge is 2.23. The number of imide groups is 1. The molecule has 0 aliphatic carbocycles. The quantitative estimate of drug-likeness (QED) is 0.580. The van der Waals surface area contributed by atoms with Crippen LogP contribution in [-0.2, 0) is 14.4 Å². The largest absolute Gasteiger partial charge is 0.354 e. The van der Waals surface area contributed by atoms with Crippen molar-refractivity contribution < 1.29 is 14.4 Å². The summed E-state index contributed by atoms with van der Waals surface area (Å²) in [4.78, 5) is 33.7. The lowest BCUT2D eigenvalue weighted by Crippen LogP contribution is -2.33. The van der Waals surface area contributed by atoms with Crippen LogP contribution in [0.1, 0.15) is 6.42 Å². The Hall–Kier alpha value is -1.65. The number of carbonyl (C=O) groups excluding carboxylic acids is 3. The summed E-state index contributed by atoms with van der Waals surface area (Å²) < 4.78 is 0. The van der Waals surface area contributed by atoms with E-state index in [9.17, 15) is 14.4 Å². The number of carbonyl (C=O) groups is 3. The van der Waals surface area contributed by atoms with Crippen molar-refractivity contribution in [2.75, 3.05) is 6.54 Å². The van der Waals surface area contributed by atoms with Gasteiger partial charge in [0.2, 0.25) is 5.91 Å². The zero-order valence-electron chi connectivity index (χ0n) is 6.95. The van der Waals surface area contributed by atoms with E-state index in [-0.39, 0.29) is 30.7 Å². The van der Waals surface area contributed by atoms with E-state index in [1.54, 1.807) is 0 Å². The van der Waals surface area contributed by atoms with Crippen molar-refractivity contribution in [3.8, 4) is 0 Å². The zero-order chi connectivity index (χ0) is 9.84. The van der Waals surface area contributed by atoms with Gasteiger partial charge in [0, 0.05) is 32.2 Å². The van der Waals surface area contributed by atoms with E-state index in [4.69, 9.17) is 0 Å². The normalized spacial score (nSPS) is 15.3. The van der Waals surface area contributed by atoms with Crippen LogP contribution in [-0.4, -0.2) is 29.2 Å². The van der Waals surface area contributed by atoms with Crippen LogP contribution in [0.4, 0.5) is 0 Å². The van der Waals surface area contributed by atoms with E-state index < -0.39 is 0 Å². The fourth-order valence-corrected chi connectivity index (χ4v) is 0.953. The van der Waals surface area contributed by atoms with Gasteiger partial charge in [0.1, 0.15) is 0 Å². The molecule has 3 amide bonds. The second-order valence-electron chi connectivity index (χ2n) is 2.51. The summed E-state index contributed by atoms with van der Waals surface area (Å²) in [7, 11) is 3.17. The SMILES string of the molecule is [CH2]NC(=O)CCN1C(=O)C=CC1=O. The van der Waals surface area contributed by atoms with Crippen LogP contribution in [0.3, 0.4) is 0 Å². The van der Waals surface area contributed by atoms with Crippen molar-refractivity contribution in [2.24, 2.45) is 0 Å². The van der Waals surface area contributed by atoms with Crippen LogP contribution >= 0.6 is 0 Å². The van der Waals surface area contributed by atoms with Gasteiger partial charge in [0.05, 0.1) is 0 Å². The second-order valence-corrected chi connectivity index (χ2v) is 2.51. The summed E-state index contributed by atoms with van der Waals surface area (Å²) in [5.74, 6) is -1.05. The van der Waals surface area contributed by atoms with Gasteiger partial charge in [-0.05, 0) is 0 Å². The molecule has 0 fully saturated rings. The van der Waals surface area contributed by atoms with Gasteiger partial charge in [-0.25, -0.2) is 0 Å². The number of hydrogen-bond acceptors (Lipinski definition) is 3. The van der Waals surface area contributed by atoms with Crippen LogP contribution in [0.25, 0.3) is 0 Å². The first-order chi connectivity index (χ1) is 6.15.